The van der Waals surface area contributed by atoms with Crippen LogP contribution in [0.15, 0.2) is 83.3 Å². The summed E-state index contributed by atoms with van der Waals surface area (Å²) in [6.45, 7) is 6.35. The molecule has 8 heteroatoms. The second-order valence-corrected chi connectivity index (χ2v) is 9.06. The summed E-state index contributed by atoms with van der Waals surface area (Å²) in [5.41, 5.74) is 7.76. The van der Waals surface area contributed by atoms with Crippen molar-refractivity contribution in [3.8, 4) is 17.1 Å². The number of benzene rings is 2. The van der Waals surface area contributed by atoms with Crippen LogP contribution in [-0.4, -0.2) is 37.6 Å². The molecule has 0 fully saturated rings. The van der Waals surface area contributed by atoms with Crippen LogP contribution >= 0.6 is 11.8 Å². The van der Waals surface area contributed by atoms with Crippen molar-refractivity contribution in [1.82, 2.24) is 25.2 Å². The van der Waals surface area contributed by atoms with Gasteiger partial charge in [-0.3, -0.25) is 14.3 Å². The van der Waals surface area contributed by atoms with Crippen LogP contribution in [0.25, 0.3) is 17.1 Å². The maximum atomic E-state index is 12.4. The molecule has 0 bridgehead atoms. The van der Waals surface area contributed by atoms with E-state index in [1.54, 1.807) is 18.6 Å². The van der Waals surface area contributed by atoms with Gasteiger partial charge in [-0.1, -0.05) is 67.6 Å². The highest BCUT2D eigenvalue weighted by Gasteiger charge is 2.17. The van der Waals surface area contributed by atoms with E-state index in [-0.39, 0.29) is 11.7 Å². The molecule has 7 nitrogen and oxygen atoms in total. The molecule has 2 heterocycles. The Balaban J connectivity index is 1.45. The van der Waals surface area contributed by atoms with Gasteiger partial charge in [-0.2, -0.15) is 5.10 Å². The Morgan fingerprint density at radius 2 is 1.74 bits per heavy atom. The first-order chi connectivity index (χ1) is 16.5. The maximum Gasteiger partial charge on any atom is 0.250 e. The first kappa shape index (κ1) is 23.4. The second-order valence-electron chi connectivity index (χ2n) is 8.12. The van der Waals surface area contributed by atoms with Gasteiger partial charge in [0.25, 0.3) is 5.91 Å². The van der Waals surface area contributed by atoms with Crippen molar-refractivity contribution in [2.45, 2.75) is 31.8 Å². The number of nitrogens with one attached hydrogen (secondary N) is 1. The molecular formula is C26H26N6OS. The molecular weight excluding hydrogens is 444 g/mol. The van der Waals surface area contributed by atoms with Gasteiger partial charge in [-0.15, -0.1) is 10.2 Å². The number of aromatic nitrogens is 4. The molecule has 0 aliphatic carbocycles. The van der Waals surface area contributed by atoms with E-state index in [1.165, 1.54) is 17.3 Å². The predicted molar refractivity (Wildman–Crippen MR) is 136 cm³/mol. The molecule has 0 saturated heterocycles. The van der Waals surface area contributed by atoms with E-state index in [1.807, 2.05) is 60.0 Å². The van der Waals surface area contributed by atoms with Crippen LogP contribution in [0.2, 0.25) is 0 Å². The Bertz CT molecular complexity index is 1270. The highest BCUT2D eigenvalue weighted by Crippen LogP contribution is 2.27. The number of carbonyl (C=O) groups excluding carboxylic acids is 1. The van der Waals surface area contributed by atoms with Crippen molar-refractivity contribution < 1.29 is 4.79 Å². The summed E-state index contributed by atoms with van der Waals surface area (Å²) in [4.78, 5) is 16.5. The Hall–Kier alpha value is -3.78. The van der Waals surface area contributed by atoms with Gasteiger partial charge in [0.05, 0.1) is 12.0 Å². The number of pyridine rings is 1. The molecule has 0 radical (unpaired) electrons. The molecule has 4 rings (SSSR count). The molecule has 0 aliphatic heterocycles. The SMILES string of the molecule is Cc1ccc(-n2c(SCC(=O)N/N=C/c3ccc(C(C)C)cc3)nnc2-c2ccncc2)cc1. The minimum absolute atomic E-state index is 0.157. The largest absolute Gasteiger partial charge is 0.272 e. The normalized spacial score (nSPS) is 11.3. The van der Waals surface area contributed by atoms with Crippen LogP contribution in [0, 0.1) is 6.92 Å². The molecule has 0 atom stereocenters. The van der Waals surface area contributed by atoms with Gasteiger partial charge in [0.2, 0.25) is 0 Å². The van der Waals surface area contributed by atoms with E-state index in [9.17, 15) is 4.79 Å². The third-order valence-electron chi connectivity index (χ3n) is 5.20. The molecule has 0 spiro atoms. The number of thioether (sulfide) groups is 1. The summed E-state index contributed by atoms with van der Waals surface area (Å²) in [7, 11) is 0. The van der Waals surface area contributed by atoms with Gasteiger partial charge in [0.1, 0.15) is 0 Å². The lowest BCUT2D eigenvalue weighted by molar-refractivity contribution is -0.118. The van der Waals surface area contributed by atoms with Crippen molar-refractivity contribution in [1.29, 1.82) is 0 Å². The zero-order valence-corrected chi connectivity index (χ0v) is 20.2. The highest BCUT2D eigenvalue weighted by molar-refractivity contribution is 7.99. The van der Waals surface area contributed by atoms with E-state index in [4.69, 9.17) is 0 Å². The van der Waals surface area contributed by atoms with Gasteiger partial charge in [-0.05, 0) is 48.2 Å². The van der Waals surface area contributed by atoms with Crippen molar-refractivity contribution in [3.05, 3.63) is 89.7 Å². The molecule has 0 saturated carbocycles. The number of hydrazone groups is 1. The summed E-state index contributed by atoms with van der Waals surface area (Å²) in [5, 5.41) is 13.4. The molecule has 1 N–H and O–H groups in total. The first-order valence-electron chi connectivity index (χ1n) is 11.0. The Morgan fingerprint density at radius 3 is 2.41 bits per heavy atom. The van der Waals surface area contributed by atoms with Gasteiger partial charge in [0.15, 0.2) is 11.0 Å². The summed E-state index contributed by atoms with van der Waals surface area (Å²) < 4.78 is 1.95. The Kier molecular flexibility index (Phi) is 7.49. The van der Waals surface area contributed by atoms with Crippen LogP contribution in [0.1, 0.15) is 36.5 Å². The summed E-state index contributed by atoms with van der Waals surface area (Å²) in [5.74, 6) is 1.11. The van der Waals surface area contributed by atoms with Crippen molar-refractivity contribution in [2.75, 3.05) is 5.75 Å². The molecule has 1 amide bonds. The lowest BCUT2D eigenvalue weighted by atomic mass is 10.0. The van der Waals surface area contributed by atoms with Crippen molar-refractivity contribution in [2.24, 2.45) is 5.10 Å². The molecule has 0 aliphatic rings. The molecule has 2 aromatic heterocycles. The zero-order chi connectivity index (χ0) is 23.9. The Morgan fingerprint density at radius 1 is 1.03 bits per heavy atom. The van der Waals surface area contributed by atoms with Crippen LogP contribution in [-0.2, 0) is 4.79 Å². The number of rotatable bonds is 8. The quantitative estimate of drug-likeness (QED) is 0.222. The summed E-state index contributed by atoms with van der Waals surface area (Å²) in [6.07, 6.45) is 5.08. The number of aryl methyl sites for hydroxylation is 1. The number of carbonyl (C=O) groups is 1. The fourth-order valence-corrected chi connectivity index (χ4v) is 4.03. The molecule has 0 unspecified atom stereocenters. The minimum atomic E-state index is -0.219. The van der Waals surface area contributed by atoms with Gasteiger partial charge in [0, 0.05) is 23.6 Å². The third kappa shape index (κ3) is 5.77. The van der Waals surface area contributed by atoms with Gasteiger partial charge >= 0.3 is 0 Å². The topological polar surface area (TPSA) is 85.1 Å². The first-order valence-corrected chi connectivity index (χ1v) is 12.0. The van der Waals surface area contributed by atoms with Crippen LogP contribution in [0.4, 0.5) is 0 Å². The molecule has 34 heavy (non-hydrogen) atoms. The van der Waals surface area contributed by atoms with E-state index in [2.05, 4.69) is 51.7 Å². The van der Waals surface area contributed by atoms with E-state index in [0.717, 1.165) is 22.4 Å². The zero-order valence-electron chi connectivity index (χ0n) is 19.3. The number of nitrogens with zero attached hydrogens (tertiary/aromatic N) is 5. The fraction of sp³-hybridized carbons (Fsp3) is 0.192. The standard InChI is InChI=1S/C26H26N6OS/c1-18(2)21-8-6-20(7-9-21)16-28-29-24(33)17-34-26-31-30-25(22-12-14-27-15-13-22)32(26)23-10-4-19(3)5-11-23/h4-16,18H,17H2,1-3H3,(H,29,33)/b28-16+. The maximum absolute atomic E-state index is 12.4. The van der Waals surface area contributed by atoms with E-state index < -0.39 is 0 Å². The number of hydrogen-bond donors (Lipinski definition) is 1. The molecule has 172 valence electrons. The molecule has 2 aromatic carbocycles. The third-order valence-corrected chi connectivity index (χ3v) is 6.13. The monoisotopic (exact) mass is 470 g/mol. The lowest BCUT2D eigenvalue weighted by Crippen LogP contribution is -2.20. The van der Waals surface area contributed by atoms with Crippen LogP contribution in [0.5, 0.6) is 0 Å². The lowest BCUT2D eigenvalue weighted by Gasteiger charge is -2.10. The molecule has 4 aromatic rings. The van der Waals surface area contributed by atoms with Crippen molar-refractivity contribution >= 4 is 23.9 Å². The minimum Gasteiger partial charge on any atom is -0.272 e. The predicted octanol–water partition coefficient (Wildman–Crippen LogP) is 5.00. The number of amides is 1. The average Bonchev–Trinajstić information content (AvgIpc) is 3.28. The van der Waals surface area contributed by atoms with Crippen molar-refractivity contribution in [3.63, 3.8) is 0 Å². The number of hydrogen-bond acceptors (Lipinski definition) is 6. The highest BCUT2D eigenvalue weighted by atomic mass is 32.2. The summed E-state index contributed by atoms with van der Waals surface area (Å²) >= 11 is 1.31. The second kappa shape index (κ2) is 10.9. The van der Waals surface area contributed by atoms with Gasteiger partial charge < -0.3 is 0 Å². The fourth-order valence-electron chi connectivity index (χ4n) is 3.29. The average molecular weight is 471 g/mol. The smallest absolute Gasteiger partial charge is 0.250 e. The van der Waals surface area contributed by atoms with Crippen LogP contribution < -0.4 is 5.43 Å². The van der Waals surface area contributed by atoms with E-state index >= 15 is 0 Å². The van der Waals surface area contributed by atoms with E-state index in [0.29, 0.717) is 16.9 Å². The van der Waals surface area contributed by atoms with Crippen LogP contribution in [0.3, 0.4) is 0 Å². The van der Waals surface area contributed by atoms with Gasteiger partial charge in [-0.25, -0.2) is 5.43 Å². The summed E-state index contributed by atoms with van der Waals surface area (Å²) in [6, 6.07) is 20.0. The Labute approximate surface area is 203 Å².